The third-order valence-electron chi connectivity index (χ3n) is 7.96. The van der Waals surface area contributed by atoms with Crippen molar-refractivity contribution in [2.75, 3.05) is 33.1 Å². The third kappa shape index (κ3) is 6.85. The number of likely N-dealkylation sites (tertiary alicyclic amines) is 1. The first-order valence-corrected chi connectivity index (χ1v) is 15.3. The zero-order chi connectivity index (χ0) is 28.1. The van der Waals surface area contributed by atoms with E-state index >= 15 is 0 Å². The topological polar surface area (TPSA) is 67.8 Å². The van der Waals surface area contributed by atoms with E-state index in [1.54, 1.807) is 26.6 Å². The van der Waals surface area contributed by atoms with E-state index in [0.29, 0.717) is 28.6 Å². The summed E-state index contributed by atoms with van der Waals surface area (Å²) in [6.07, 6.45) is 8.93. The predicted molar refractivity (Wildman–Crippen MR) is 160 cm³/mol. The van der Waals surface area contributed by atoms with Crippen LogP contribution in [0.3, 0.4) is 0 Å². The van der Waals surface area contributed by atoms with Crippen molar-refractivity contribution in [3.05, 3.63) is 65.4 Å². The van der Waals surface area contributed by atoms with Crippen LogP contribution >= 0.6 is 35.1 Å². The molecular formula is C30H34Cl2N4O3S. The Labute approximate surface area is 250 Å². The summed E-state index contributed by atoms with van der Waals surface area (Å²) in [5.74, 6) is 2.08. The number of nitrogens with zero attached hydrogens (tertiary/aromatic N) is 4. The Kier molecular flexibility index (Phi) is 9.73. The van der Waals surface area contributed by atoms with Gasteiger partial charge in [0, 0.05) is 40.8 Å². The average molecular weight is 602 g/mol. The van der Waals surface area contributed by atoms with E-state index < -0.39 is 0 Å². The van der Waals surface area contributed by atoms with E-state index in [1.165, 1.54) is 21.7 Å². The maximum absolute atomic E-state index is 12.9. The monoisotopic (exact) mass is 600 g/mol. The molecule has 1 aromatic heterocycles. The highest BCUT2D eigenvalue weighted by Crippen LogP contribution is 2.36. The number of carbonyl (C=O) groups excluding carboxylic acids is 1. The van der Waals surface area contributed by atoms with Crippen molar-refractivity contribution in [1.29, 1.82) is 0 Å². The van der Waals surface area contributed by atoms with Gasteiger partial charge in [-0.1, -0.05) is 41.6 Å². The number of thioether (sulfide) groups is 1. The number of methoxy groups -OCH3 is 2. The van der Waals surface area contributed by atoms with Gasteiger partial charge in [0.2, 0.25) is 5.91 Å². The Morgan fingerprint density at radius 3 is 2.30 bits per heavy atom. The van der Waals surface area contributed by atoms with Crippen LogP contribution in [-0.2, 0) is 11.2 Å². The van der Waals surface area contributed by atoms with Crippen molar-refractivity contribution in [1.82, 2.24) is 19.3 Å². The number of carbonyl (C=O) groups is 1. The molecule has 212 valence electrons. The van der Waals surface area contributed by atoms with Crippen LogP contribution in [0.1, 0.15) is 31.2 Å². The van der Waals surface area contributed by atoms with Crippen molar-refractivity contribution >= 4 is 41.0 Å². The second-order valence-electron chi connectivity index (χ2n) is 10.3. The van der Waals surface area contributed by atoms with Crippen LogP contribution in [-0.4, -0.2) is 70.3 Å². The molecule has 2 heterocycles. The van der Waals surface area contributed by atoms with E-state index in [1.807, 2.05) is 30.3 Å². The third-order valence-corrected chi connectivity index (χ3v) is 9.51. The maximum Gasteiger partial charge on any atom is 0.247 e. The van der Waals surface area contributed by atoms with Gasteiger partial charge in [-0.15, -0.1) is 0 Å². The van der Waals surface area contributed by atoms with Crippen LogP contribution in [0.25, 0.3) is 11.1 Å². The van der Waals surface area contributed by atoms with Crippen molar-refractivity contribution < 1.29 is 14.3 Å². The molecular weight excluding hydrogens is 567 g/mol. The molecule has 0 unspecified atom stereocenters. The van der Waals surface area contributed by atoms with Crippen LogP contribution in [0.5, 0.6) is 11.5 Å². The standard InChI is InChI=1S/C30H34Cl2N4O3S/c1-38-27-10-5-22(16-28(27)39-2)23-17-33-30(34-18-23)40-19-29(37)36(32)26-9-8-25(26)35-13-11-21(12-14-35)15-20-3-6-24(31)7-4-20/h3-7,10,16-18,21,25-26H,8-9,11-15,19H2,1-2H3/t25-,26-/m1/s1. The Balaban J connectivity index is 1.08. The molecule has 2 aliphatic rings. The van der Waals surface area contributed by atoms with Gasteiger partial charge >= 0.3 is 0 Å². The van der Waals surface area contributed by atoms with Gasteiger partial charge in [-0.2, -0.15) is 0 Å². The molecule has 1 saturated heterocycles. The number of halogens is 2. The van der Waals surface area contributed by atoms with Crippen LogP contribution in [0, 0.1) is 5.92 Å². The van der Waals surface area contributed by atoms with Crippen molar-refractivity contribution in [2.45, 2.75) is 49.3 Å². The fourth-order valence-electron chi connectivity index (χ4n) is 5.53. The highest BCUT2D eigenvalue weighted by molar-refractivity contribution is 7.99. The molecule has 7 nitrogen and oxygen atoms in total. The van der Waals surface area contributed by atoms with E-state index in [9.17, 15) is 4.79 Å². The lowest BCUT2D eigenvalue weighted by atomic mass is 9.82. The minimum atomic E-state index is -0.105. The van der Waals surface area contributed by atoms with Crippen LogP contribution < -0.4 is 9.47 Å². The number of hydrogen-bond donors (Lipinski definition) is 0. The lowest BCUT2D eigenvalue weighted by Crippen LogP contribution is -2.58. The Bertz CT molecular complexity index is 1290. The summed E-state index contributed by atoms with van der Waals surface area (Å²) in [6.45, 7) is 2.10. The van der Waals surface area contributed by atoms with Crippen molar-refractivity contribution in [3.8, 4) is 22.6 Å². The van der Waals surface area contributed by atoms with Gasteiger partial charge in [0.05, 0.1) is 26.0 Å². The quantitative estimate of drug-likeness (QED) is 0.152. The predicted octanol–water partition coefficient (Wildman–Crippen LogP) is 6.37. The number of amides is 1. The Morgan fingerprint density at radius 1 is 0.975 bits per heavy atom. The van der Waals surface area contributed by atoms with Crippen LogP contribution in [0.15, 0.2) is 60.0 Å². The summed E-state index contributed by atoms with van der Waals surface area (Å²) < 4.78 is 12.1. The highest BCUT2D eigenvalue weighted by atomic mass is 35.5. The Hall–Kier alpha value is -2.52. The molecule has 1 amide bonds. The molecule has 1 saturated carbocycles. The van der Waals surface area contributed by atoms with Crippen molar-refractivity contribution in [2.24, 2.45) is 5.92 Å². The van der Waals surface area contributed by atoms with E-state index in [4.69, 9.17) is 32.9 Å². The van der Waals surface area contributed by atoms with Gasteiger partial charge in [-0.25, -0.2) is 14.4 Å². The molecule has 2 aromatic carbocycles. The zero-order valence-electron chi connectivity index (χ0n) is 22.8. The molecule has 10 heteroatoms. The van der Waals surface area contributed by atoms with Crippen LogP contribution in [0.4, 0.5) is 0 Å². The fourth-order valence-corrected chi connectivity index (χ4v) is 6.66. The minimum Gasteiger partial charge on any atom is -0.493 e. The van der Waals surface area contributed by atoms with Gasteiger partial charge < -0.3 is 9.47 Å². The highest BCUT2D eigenvalue weighted by Gasteiger charge is 2.41. The molecule has 0 spiro atoms. The second-order valence-corrected chi connectivity index (χ2v) is 12.1. The van der Waals surface area contributed by atoms with Crippen molar-refractivity contribution in [3.63, 3.8) is 0 Å². The number of piperidine rings is 1. The Morgan fingerprint density at radius 2 is 1.68 bits per heavy atom. The van der Waals surface area contributed by atoms with E-state index in [0.717, 1.165) is 61.3 Å². The molecule has 40 heavy (non-hydrogen) atoms. The maximum atomic E-state index is 12.9. The lowest BCUT2D eigenvalue weighted by molar-refractivity contribution is -0.128. The summed E-state index contributed by atoms with van der Waals surface area (Å²) in [4.78, 5) is 24.4. The average Bonchev–Trinajstić information content (AvgIpc) is 2.97. The number of aromatic nitrogens is 2. The summed E-state index contributed by atoms with van der Waals surface area (Å²) in [5, 5.41) is 1.32. The van der Waals surface area contributed by atoms with Gasteiger partial charge in [-0.05, 0) is 86.5 Å². The largest absolute Gasteiger partial charge is 0.493 e. The van der Waals surface area contributed by atoms with Gasteiger partial charge in [-0.3, -0.25) is 9.69 Å². The molecule has 1 aliphatic carbocycles. The SMILES string of the molecule is COc1ccc(-c2cnc(SCC(=O)N(Cl)[C@@H]3CC[C@H]3N3CCC(Cc4ccc(Cl)cc4)CC3)nc2)cc1OC. The minimum absolute atomic E-state index is 0.0518. The molecule has 0 N–H and O–H groups in total. The number of rotatable bonds is 10. The summed E-state index contributed by atoms with van der Waals surface area (Å²) in [7, 11) is 3.21. The number of ether oxygens (including phenoxy) is 2. The molecule has 2 atom stereocenters. The molecule has 2 fully saturated rings. The van der Waals surface area contributed by atoms with Gasteiger partial charge in [0.15, 0.2) is 16.7 Å². The molecule has 0 bridgehead atoms. The smallest absolute Gasteiger partial charge is 0.247 e. The first-order chi connectivity index (χ1) is 19.4. The van der Waals surface area contributed by atoms with Gasteiger partial charge in [0.1, 0.15) is 0 Å². The summed E-state index contributed by atoms with van der Waals surface area (Å²) >= 11 is 13.9. The molecule has 5 rings (SSSR count). The molecule has 3 aromatic rings. The van der Waals surface area contributed by atoms with E-state index in [-0.39, 0.29) is 17.7 Å². The second kappa shape index (κ2) is 13.4. The first-order valence-electron chi connectivity index (χ1n) is 13.6. The number of hydrogen-bond acceptors (Lipinski definition) is 7. The summed E-state index contributed by atoms with van der Waals surface area (Å²) in [5.41, 5.74) is 3.12. The lowest BCUT2D eigenvalue weighted by Gasteiger charge is -2.49. The normalized spacial score (nSPS) is 19.6. The molecule has 0 radical (unpaired) electrons. The summed E-state index contributed by atoms with van der Waals surface area (Å²) in [6, 6.07) is 14.2. The van der Waals surface area contributed by atoms with E-state index in [2.05, 4.69) is 27.0 Å². The van der Waals surface area contributed by atoms with Crippen LogP contribution in [0.2, 0.25) is 5.02 Å². The zero-order valence-corrected chi connectivity index (χ0v) is 25.1. The first kappa shape index (κ1) is 29.0. The molecule has 1 aliphatic heterocycles. The number of benzene rings is 2. The van der Waals surface area contributed by atoms with Gasteiger partial charge in [0.25, 0.3) is 0 Å². The fraction of sp³-hybridized carbons (Fsp3) is 0.433.